The summed E-state index contributed by atoms with van der Waals surface area (Å²) in [6.07, 6.45) is 2.50. The van der Waals surface area contributed by atoms with E-state index in [9.17, 15) is 19.8 Å². The minimum Gasteiger partial charge on any atom is -0.507 e. The number of carboxylic acid groups (broad SMARTS) is 1. The van der Waals surface area contributed by atoms with Gasteiger partial charge in [0.25, 0.3) is 0 Å². The number of carbonyl (C=O) groups is 2. The van der Waals surface area contributed by atoms with Crippen LogP contribution in [-0.4, -0.2) is 28.6 Å². The average Bonchev–Trinajstić information content (AvgIpc) is 3.31. The third-order valence-corrected chi connectivity index (χ3v) is 6.41. The minimum absolute atomic E-state index is 0.0849. The van der Waals surface area contributed by atoms with E-state index < -0.39 is 11.7 Å². The molecule has 39 heavy (non-hydrogen) atoms. The quantitative estimate of drug-likeness (QED) is 0.152. The van der Waals surface area contributed by atoms with Crippen LogP contribution in [0.1, 0.15) is 28.8 Å². The molecule has 0 aliphatic heterocycles. The molecular weight excluding hydrogens is 494 g/mol. The number of anilines is 1. The van der Waals surface area contributed by atoms with Crippen molar-refractivity contribution in [3.8, 4) is 17.1 Å². The molecule has 0 aliphatic rings. The van der Waals surface area contributed by atoms with Crippen molar-refractivity contribution in [1.29, 1.82) is 0 Å². The first-order valence-electron chi connectivity index (χ1n) is 12.5. The van der Waals surface area contributed by atoms with Gasteiger partial charge in [0.05, 0.1) is 11.3 Å². The monoisotopic (exact) mass is 521 g/mol. The van der Waals surface area contributed by atoms with Gasteiger partial charge in [0.1, 0.15) is 22.7 Å². The normalized spacial score (nSPS) is 11.5. The molecule has 8 heteroatoms. The van der Waals surface area contributed by atoms with Crippen LogP contribution in [0.25, 0.3) is 38.8 Å². The molecule has 0 fully saturated rings. The van der Waals surface area contributed by atoms with Crippen LogP contribution in [0.4, 0.5) is 5.69 Å². The highest BCUT2D eigenvalue weighted by Crippen LogP contribution is 2.39. The van der Waals surface area contributed by atoms with Crippen LogP contribution in [0.2, 0.25) is 0 Å². The van der Waals surface area contributed by atoms with E-state index in [1.54, 1.807) is 6.20 Å². The summed E-state index contributed by atoms with van der Waals surface area (Å²) in [7, 11) is 0. The first kappa shape index (κ1) is 25.4. The highest BCUT2D eigenvalue weighted by Gasteiger charge is 2.22. The molecule has 1 aromatic heterocycles. The van der Waals surface area contributed by atoms with Gasteiger partial charge in [-0.15, -0.1) is 0 Å². The topological polar surface area (TPSA) is 138 Å². The van der Waals surface area contributed by atoms with Crippen LogP contribution in [0, 0.1) is 0 Å². The Balaban J connectivity index is 1.30. The smallest absolute Gasteiger partial charge is 0.339 e. The molecule has 0 unspecified atom stereocenters. The molecule has 0 radical (unpaired) electrons. The standard InChI is InChI=1S/C31H27N3O5/c32-24(18-33-15-7-14-28(36)34-25-13-6-11-19-8-4-5-12-21(19)25)29-23-16-22(31(37)38)26(35)17-27(23)39-30(29)20-9-2-1-3-10-20/h1-6,8-13,16-18,33,35H,7,14-15,32H2,(H,34,36)(H,37,38)/b24-18-. The number of hydrogen-bond donors (Lipinski definition) is 5. The van der Waals surface area contributed by atoms with E-state index >= 15 is 0 Å². The maximum absolute atomic E-state index is 12.5. The third kappa shape index (κ3) is 5.40. The Hall–Kier alpha value is -5.24. The van der Waals surface area contributed by atoms with Crippen LogP contribution in [0.5, 0.6) is 5.75 Å². The first-order chi connectivity index (χ1) is 18.9. The number of furan rings is 1. The number of amides is 1. The SMILES string of the molecule is N/C(=C\NCCCC(=O)Nc1cccc2ccccc12)c1c(-c2ccccc2)oc2cc(O)c(C(=O)O)cc12. The van der Waals surface area contributed by atoms with Crippen LogP contribution in [0.15, 0.2) is 95.5 Å². The largest absolute Gasteiger partial charge is 0.507 e. The highest BCUT2D eigenvalue weighted by molar-refractivity contribution is 6.03. The molecule has 0 aliphatic carbocycles. The molecule has 1 amide bonds. The molecule has 0 saturated heterocycles. The van der Waals surface area contributed by atoms with Crippen LogP contribution >= 0.6 is 0 Å². The Kier molecular flexibility index (Phi) is 7.18. The van der Waals surface area contributed by atoms with Crippen molar-refractivity contribution in [2.45, 2.75) is 12.8 Å². The van der Waals surface area contributed by atoms with E-state index in [-0.39, 0.29) is 11.5 Å². The number of carboxylic acids is 1. The lowest BCUT2D eigenvalue weighted by atomic mass is 10.0. The number of fused-ring (bicyclic) bond motifs is 2. The van der Waals surface area contributed by atoms with Crippen molar-refractivity contribution < 1.29 is 24.2 Å². The maximum atomic E-state index is 12.5. The molecule has 5 aromatic rings. The third-order valence-electron chi connectivity index (χ3n) is 6.41. The predicted octanol–water partition coefficient (Wildman–Crippen LogP) is 5.92. The van der Waals surface area contributed by atoms with Crippen LogP contribution in [0.3, 0.4) is 0 Å². The lowest BCUT2D eigenvalue weighted by Gasteiger charge is -2.09. The molecule has 1 heterocycles. The Bertz CT molecular complexity index is 1700. The molecule has 0 bridgehead atoms. The van der Waals surface area contributed by atoms with E-state index in [0.29, 0.717) is 47.4 Å². The molecule has 196 valence electrons. The second-order valence-electron chi connectivity index (χ2n) is 9.08. The van der Waals surface area contributed by atoms with Crippen molar-refractivity contribution in [2.24, 2.45) is 5.73 Å². The van der Waals surface area contributed by atoms with Crippen molar-refractivity contribution in [2.75, 3.05) is 11.9 Å². The number of benzene rings is 4. The van der Waals surface area contributed by atoms with E-state index in [1.165, 1.54) is 12.1 Å². The maximum Gasteiger partial charge on any atom is 0.339 e. The lowest BCUT2D eigenvalue weighted by Crippen LogP contribution is -2.16. The van der Waals surface area contributed by atoms with Crippen molar-refractivity contribution in [3.05, 3.63) is 102 Å². The van der Waals surface area contributed by atoms with Gasteiger partial charge in [0.15, 0.2) is 0 Å². The van der Waals surface area contributed by atoms with Gasteiger partial charge >= 0.3 is 5.97 Å². The van der Waals surface area contributed by atoms with Gasteiger partial charge < -0.3 is 31.0 Å². The Labute approximate surface area is 224 Å². The number of carbonyl (C=O) groups excluding carboxylic acids is 1. The predicted molar refractivity (Wildman–Crippen MR) is 152 cm³/mol. The molecule has 0 atom stereocenters. The fourth-order valence-electron chi connectivity index (χ4n) is 4.54. The molecular formula is C31H27N3O5. The summed E-state index contributed by atoms with van der Waals surface area (Å²) in [5, 5.41) is 28.3. The fraction of sp³-hybridized carbons (Fsp3) is 0.0968. The second kappa shape index (κ2) is 11.0. The highest BCUT2D eigenvalue weighted by atomic mass is 16.4. The van der Waals surface area contributed by atoms with Gasteiger partial charge in [-0.3, -0.25) is 4.79 Å². The van der Waals surface area contributed by atoms with E-state index in [0.717, 1.165) is 22.0 Å². The Morgan fingerprint density at radius 1 is 0.923 bits per heavy atom. The number of nitrogens with two attached hydrogens (primary N) is 1. The second-order valence-corrected chi connectivity index (χ2v) is 9.08. The lowest BCUT2D eigenvalue weighted by molar-refractivity contribution is -0.116. The summed E-state index contributed by atoms with van der Waals surface area (Å²) in [4.78, 5) is 24.2. The molecule has 5 rings (SSSR count). The summed E-state index contributed by atoms with van der Waals surface area (Å²) in [6, 6.07) is 25.6. The van der Waals surface area contributed by atoms with Crippen molar-refractivity contribution >= 4 is 45.0 Å². The zero-order valence-corrected chi connectivity index (χ0v) is 21.0. The first-order valence-corrected chi connectivity index (χ1v) is 12.5. The van der Waals surface area contributed by atoms with Crippen LogP contribution < -0.4 is 16.4 Å². The number of rotatable bonds is 9. The minimum atomic E-state index is -1.26. The van der Waals surface area contributed by atoms with Crippen molar-refractivity contribution in [3.63, 3.8) is 0 Å². The van der Waals surface area contributed by atoms with E-state index in [4.69, 9.17) is 10.2 Å². The summed E-state index contributed by atoms with van der Waals surface area (Å²) >= 11 is 0. The van der Waals surface area contributed by atoms with E-state index in [1.807, 2.05) is 72.8 Å². The van der Waals surface area contributed by atoms with Gasteiger partial charge in [-0.2, -0.15) is 0 Å². The molecule has 6 N–H and O–H groups in total. The molecule has 0 saturated carbocycles. The van der Waals surface area contributed by atoms with E-state index in [2.05, 4.69) is 10.6 Å². The van der Waals surface area contributed by atoms with Gasteiger partial charge in [-0.25, -0.2) is 4.79 Å². The number of aromatic hydroxyl groups is 1. The number of hydrogen-bond acceptors (Lipinski definition) is 6. The van der Waals surface area contributed by atoms with Gasteiger partial charge in [0, 0.05) is 47.3 Å². The number of aromatic carboxylic acids is 1. The molecule has 4 aromatic carbocycles. The average molecular weight is 522 g/mol. The summed E-state index contributed by atoms with van der Waals surface area (Å²) < 4.78 is 6.01. The Morgan fingerprint density at radius 2 is 1.67 bits per heavy atom. The number of phenols is 1. The molecule has 8 nitrogen and oxygen atoms in total. The summed E-state index contributed by atoms with van der Waals surface area (Å²) in [5.41, 5.74) is 8.89. The van der Waals surface area contributed by atoms with Gasteiger partial charge in [0.2, 0.25) is 5.91 Å². The Morgan fingerprint density at radius 3 is 2.46 bits per heavy atom. The zero-order chi connectivity index (χ0) is 27.4. The van der Waals surface area contributed by atoms with Gasteiger partial charge in [-0.05, 0) is 23.9 Å². The fourth-order valence-corrected chi connectivity index (χ4v) is 4.54. The molecule has 0 spiro atoms. The van der Waals surface area contributed by atoms with Crippen LogP contribution in [-0.2, 0) is 4.79 Å². The number of nitrogens with one attached hydrogen (secondary N) is 2. The van der Waals surface area contributed by atoms with Gasteiger partial charge in [-0.1, -0.05) is 66.7 Å². The zero-order valence-electron chi connectivity index (χ0n) is 21.0. The summed E-state index contributed by atoms with van der Waals surface area (Å²) in [6.45, 7) is 0.487. The summed E-state index contributed by atoms with van der Waals surface area (Å²) in [5.74, 6) is -1.28. The van der Waals surface area contributed by atoms with Crippen molar-refractivity contribution in [1.82, 2.24) is 5.32 Å².